The number of carbonyl (C=O) groups is 4. The maximum Gasteiger partial charge on any atom is 0.262 e. The molecule has 18 heteroatoms. The highest BCUT2D eigenvalue weighted by molar-refractivity contribution is 7.70. The Bertz CT molecular complexity index is 2510. The molecule has 15 nitrogen and oxygen atoms in total. The predicted molar refractivity (Wildman–Crippen MR) is 231 cm³/mol. The van der Waals surface area contributed by atoms with Gasteiger partial charge in [-0.05, 0) is 81.3 Å². The Morgan fingerprint density at radius 1 is 0.934 bits per heavy atom. The van der Waals surface area contributed by atoms with Crippen molar-refractivity contribution in [2.24, 2.45) is 5.92 Å². The summed E-state index contributed by atoms with van der Waals surface area (Å²) in [5.74, 6) is -1.24. The summed E-state index contributed by atoms with van der Waals surface area (Å²) in [6.07, 6.45) is 4.49. The summed E-state index contributed by atoms with van der Waals surface area (Å²) >= 11 is 6.48. The number of imide groups is 2. The van der Waals surface area contributed by atoms with Crippen molar-refractivity contribution in [1.82, 2.24) is 25.1 Å². The molecule has 4 aromatic rings. The number of aromatic nitrogens is 2. The summed E-state index contributed by atoms with van der Waals surface area (Å²) in [5, 5.41) is 9.70. The average molecular weight is 870 g/mol. The Labute approximate surface area is 357 Å². The number of benzene rings is 3. The lowest BCUT2D eigenvalue weighted by atomic mass is 9.95. The van der Waals surface area contributed by atoms with E-state index in [1.165, 1.54) is 12.3 Å². The molecule has 3 atom stereocenters. The summed E-state index contributed by atoms with van der Waals surface area (Å²) < 4.78 is 34.4. The minimum Gasteiger partial charge on any atom is -0.494 e. The number of nitrogens with zero attached hydrogens (tertiary/aromatic N) is 6. The summed E-state index contributed by atoms with van der Waals surface area (Å²) in [5.41, 5.74) is 2.73. The molecule has 318 valence electrons. The van der Waals surface area contributed by atoms with Crippen molar-refractivity contribution in [1.29, 1.82) is 0 Å². The molecule has 0 aliphatic carbocycles. The highest BCUT2D eigenvalue weighted by Crippen LogP contribution is 2.41. The van der Waals surface area contributed by atoms with Gasteiger partial charge < -0.3 is 29.7 Å². The van der Waals surface area contributed by atoms with Gasteiger partial charge in [0.25, 0.3) is 11.8 Å². The van der Waals surface area contributed by atoms with Crippen LogP contribution in [0.5, 0.6) is 5.75 Å². The van der Waals surface area contributed by atoms with E-state index < -0.39 is 42.6 Å². The van der Waals surface area contributed by atoms with Crippen molar-refractivity contribution in [3.05, 3.63) is 82.8 Å². The van der Waals surface area contributed by atoms with E-state index in [0.29, 0.717) is 57.4 Å². The van der Waals surface area contributed by atoms with Crippen molar-refractivity contribution < 1.29 is 32.9 Å². The molecule has 3 unspecified atom stereocenters. The predicted octanol–water partition coefficient (Wildman–Crippen LogP) is 5.59. The number of carbonyl (C=O) groups excluding carboxylic acids is 4. The van der Waals surface area contributed by atoms with E-state index in [4.69, 9.17) is 16.3 Å². The van der Waals surface area contributed by atoms with E-state index in [-0.39, 0.29) is 36.1 Å². The second-order valence-electron chi connectivity index (χ2n) is 16.8. The van der Waals surface area contributed by atoms with Crippen LogP contribution in [0.2, 0.25) is 5.02 Å². The van der Waals surface area contributed by atoms with Gasteiger partial charge in [0.1, 0.15) is 29.8 Å². The number of piperazine rings is 1. The average Bonchev–Trinajstić information content (AvgIpc) is 3.90. The smallest absolute Gasteiger partial charge is 0.262 e. The third-order valence-corrected chi connectivity index (χ3v) is 14.4. The van der Waals surface area contributed by atoms with Crippen LogP contribution in [0.1, 0.15) is 52.8 Å². The van der Waals surface area contributed by atoms with E-state index in [0.717, 1.165) is 62.1 Å². The molecule has 0 saturated carbocycles. The number of rotatable bonds is 11. The fourth-order valence-electron chi connectivity index (χ4n) is 9.46. The first kappa shape index (κ1) is 40.8. The molecular weight excluding hydrogens is 824 g/mol. The van der Waals surface area contributed by atoms with Crippen LogP contribution in [0.4, 0.5) is 38.9 Å². The highest BCUT2D eigenvalue weighted by Gasteiger charge is 2.48. The third-order valence-electron chi connectivity index (χ3n) is 12.6. The topological polar surface area (TPSA) is 169 Å². The van der Waals surface area contributed by atoms with Crippen molar-refractivity contribution in [3.8, 4) is 5.75 Å². The van der Waals surface area contributed by atoms with Crippen LogP contribution in [0.3, 0.4) is 0 Å². The summed E-state index contributed by atoms with van der Waals surface area (Å²) in [7, 11) is -0.945. The van der Waals surface area contributed by atoms with Crippen molar-refractivity contribution in [3.63, 3.8) is 0 Å². The van der Waals surface area contributed by atoms with Crippen LogP contribution in [-0.4, -0.2) is 115 Å². The Balaban J connectivity index is 0.796. The van der Waals surface area contributed by atoms with E-state index >= 15 is 4.39 Å². The van der Waals surface area contributed by atoms with E-state index in [9.17, 15) is 23.7 Å². The minimum absolute atomic E-state index is 0.0174. The maximum atomic E-state index is 15.7. The van der Waals surface area contributed by atoms with E-state index in [2.05, 4.69) is 41.8 Å². The number of halogens is 2. The fraction of sp³-hybridized carbons (Fsp3) is 0.395. The SMILES string of the molecule is COc1cc(N2CCC(CN3CC4CC3CN4c3cc4c(cc3F)C(=O)N(C3CCC(=O)NC3=O)C4=O)CC2)ccc1Nc1ncc(Cl)c(Nc2ccccc2P(C)(C)=O)n1. The summed E-state index contributed by atoms with van der Waals surface area (Å²) in [6.45, 7) is 7.56. The Hall–Kier alpha value is -5.57. The molecule has 5 aliphatic heterocycles. The summed E-state index contributed by atoms with van der Waals surface area (Å²) in [4.78, 5) is 67.5. The maximum absolute atomic E-state index is 15.7. The van der Waals surface area contributed by atoms with Gasteiger partial charge in [-0.3, -0.25) is 34.3 Å². The van der Waals surface area contributed by atoms with Crippen LogP contribution in [-0.2, 0) is 14.2 Å². The molecule has 6 heterocycles. The van der Waals surface area contributed by atoms with Crippen LogP contribution < -0.4 is 35.8 Å². The number of ether oxygens (including phenoxy) is 1. The monoisotopic (exact) mass is 869 g/mol. The molecule has 4 amide bonds. The largest absolute Gasteiger partial charge is 0.494 e. The van der Waals surface area contributed by atoms with Gasteiger partial charge in [0.15, 0.2) is 5.82 Å². The highest BCUT2D eigenvalue weighted by atomic mass is 35.5. The van der Waals surface area contributed by atoms with Gasteiger partial charge in [0, 0.05) is 68.3 Å². The molecule has 61 heavy (non-hydrogen) atoms. The third kappa shape index (κ3) is 7.81. The number of fused-ring (bicyclic) bond motifs is 3. The van der Waals surface area contributed by atoms with E-state index in [1.54, 1.807) is 20.4 Å². The zero-order valence-corrected chi connectivity index (χ0v) is 35.6. The van der Waals surface area contributed by atoms with Crippen molar-refractivity contribution >= 4 is 82.2 Å². The molecule has 9 rings (SSSR count). The molecule has 3 N–H and O–H groups in total. The first-order valence-electron chi connectivity index (χ1n) is 20.5. The van der Waals surface area contributed by atoms with Gasteiger partial charge in [0.05, 0.1) is 41.5 Å². The number of hydrogen-bond donors (Lipinski definition) is 3. The van der Waals surface area contributed by atoms with E-state index in [1.807, 2.05) is 41.3 Å². The molecule has 1 aromatic heterocycles. The molecule has 3 aromatic carbocycles. The number of hydrogen-bond acceptors (Lipinski definition) is 13. The molecule has 0 radical (unpaired) electrons. The Kier molecular flexibility index (Phi) is 10.7. The Morgan fingerprint density at radius 3 is 2.39 bits per heavy atom. The van der Waals surface area contributed by atoms with Gasteiger partial charge in [0.2, 0.25) is 17.8 Å². The van der Waals surface area contributed by atoms with Gasteiger partial charge in [-0.25, -0.2) is 9.37 Å². The first-order valence-corrected chi connectivity index (χ1v) is 23.4. The lowest BCUT2D eigenvalue weighted by Crippen LogP contribution is -2.54. The van der Waals surface area contributed by atoms with Crippen LogP contribution in [0.15, 0.2) is 60.8 Å². The second-order valence-corrected chi connectivity index (χ2v) is 20.4. The van der Waals surface area contributed by atoms with Crippen LogP contribution >= 0.6 is 18.7 Å². The first-order chi connectivity index (χ1) is 29.2. The summed E-state index contributed by atoms with van der Waals surface area (Å²) in [6, 6.07) is 15.2. The molecule has 0 spiro atoms. The number of para-hydroxylation sites is 1. The van der Waals surface area contributed by atoms with Gasteiger partial charge >= 0.3 is 0 Å². The van der Waals surface area contributed by atoms with Crippen LogP contribution in [0.25, 0.3) is 0 Å². The molecule has 4 saturated heterocycles. The fourth-order valence-corrected chi connectivity index (χ4v) is 10.8. The number of amides is 4. The van der Waals surface area contributed by atoms with Crippen molar-refractivity contribution in [2.45, 2.75) is 50.2 Å². The molecular formula is C43H46ClFN9O6P. The van der Waals surface area contributed by atoms with Crippen LogP contribution in [0, 0.1) is 11.7 Å². The van der Waals surface area contributed by atoms with Gasteiger partial charge in [-0.15, -0.1) is 0 Å². The Morgan fingerprint density at radius 2 is 1.69 bits per heavy atom. The normalized spacial score (nSPS) is 21.9. The number of methoxy groups -OCH3 is 1. The van der Waals surface area contributed by atoms with Crippen molar-refractivity contribution in [2.75, 3.05) is 73.6 Å². The molecule has 4 fully saturated rings. The second kappa shape index (κ2) is 16.0. The molecule has 2 bridgehead atoms. The van der Waals surface area contributed by atoms with Gasteiger partial charge in [-0.2, -0.15) is 4.98 Å². The number of likely N-dealkylation sites (tertiary alicyclic amines) is 1. The molecule has 5 aliphatic rings. The number of piperidine rings is 2. The lowest BCUT2D eigenvalue weighted by molar-refractivity contribution is -0.136. The number of nitrogens with one attached hydrogen (secondary N) is 3. The zero-order chi connectivity index (χ0) is 42.7. The quantitative estimate of drug-likeness (QED) is 0.126. The lowest BCUT2D eigenvalue weighted by Gasteiger charge is -2.40. The standard InChI is InChI=1S/C43H46ClFN9O6P/c1-60-36-17-25(8-9-32(36)48-43-46-20-30(44)39(50-43)47-33-6-4-5-7-37(33)61(2,3)59)51-14-12-24(13-15-51)21-52-22-27-16-26(52)23-53(27)35-19-29-28(18-31(35)45)41(57)54(42(29)58)34-10-11-38(55)49-40(34)56/h4-9,17-20,24,26-27,34H,10-16,21-23H2,1-3H3,(H,49,55,56)(H2,46,47,48,50). The zero-order valence-electron chi connectivity index (χ0n) is 34.0. The number of anilines is 6. The minimum atomic E-state index is -2.57. The van der Waals surface area contributed by atoms with Gasteiger partial charge in [-0.1, -0.05) is 23.7 Å².